The van der Waals surface area contributed by atoms with Crippen LogP contribution in [-0.4, -0.2) is 59.5 Å². The first-order valence-electron chi connectivity index (χ1n) is 12.1. The van der Waals surface area contributed by atoms with Gasteiger partial charge in [-0.2, -0.15) is 0 Å². The van der Waals surface area contributed by atoms with E-state index in [4.69, 9.17) is 0 Å². The molecule has 0 radical (unpaired) electrons. The van der Waals surface area contributed by atoms with Crippen LogP contribution in [0.3, 0.4) is 0 Å². The Morgan fingerprint density at radius 3 is 2.33 bits per heavy atom. The summed E-state index contributed by atoms with van der Waals surface area (Å²) in [7, 11) is 4.27. The second-order valence-corrected chi connectivity index (χ2v) is 9.90. The van der Waals surface area contributed by atoms with Gasteiger partial charge < -0.3 is 20.6 Å². The first-order valence-corrected chi connectivity index (χ1v) is 12.1. The number of carbonyl (C=O) groups excluding carboxylic acids is 2. The largest absolute Gasteiger partial charge is 0.480 e. The van der Waals surface area contributed by atoms with Crippen LogP contribution in [0.25, 0.3) is 0 Å². The third kappa shape index (κ3) is 7.84. The number of nitrogens with zero attached hydrogens (tertiary/aromatic N) is 1. The van der Waals surface area contributed by atoms with Gasteiger partial charge in [-0.3, -0.25) is 9.59 Å². The molecule has 0 heterocycles. The molecule has 0 saturated heterocycles. The minimum absolute atomic E-state index is 0.00619. The van der Waals surface area contributed by atoms with Gasteiger partial charge in [-0.15, -0.1) is 0 Å². The smallest absolute Gasteiger partial charge is 0.326 e. The highest BCUT2D eigenvalue weighted by Gasteiger charge is 2.37. The molecule has 7 heteroatoms. The average Bonchev–Trinajstić information content (AvgIpc) is 2.76. The normalized spacial score (nSPS) is 22.4. The predicted octanol–water partition coefficient (Wildman–Crippen LogP) is 3.29. The summed E-state index contributed by atoms with van der Waals surface area (Å²) >= 11 is 0. The predicted molar refractivity (Wildman–Crippen MR) is 130 cm³/mol. The van der Waals surface area contributed by atoms with Crippen LogP contribution in [0.15, 0.2) is 24.3 Å². The number of hydrogen-bond donors (Lipinski definition) is 3. The maximum atomic E-state index is 12.4. The molecule has 1 saturated carbocycles. The van der Waals surface area contributed by atoms with Crippen LogP contribution in [-0.2, 0) is 20.8 Å². The summed E-state index contributed by atoms with van der Waals surface area (Å²) in [6.07, 6.45) is 5.49. The van der Waals surface area contributed by atoms with Gasteiger partial charge in [0.25, 0.3) is 0 Å². The Kier molecular flexibility index (Phi) is 9.89. The Morgan fingerprint density at radius 2 is 1.79 bits per heavy atom. The van der Waals surface area contributed by atoms with Crippen molar-refractivity contribution in [2.24, 2.45) is 5.92 Å². The van der Waals surface area contributed by atoms with Crippen LogP contribution >= 0.6 is 0 Å². The van der Waals surface area contributed by atoms with Gasteiger partial charge in [0.1, 0.15) is 6.04 Å². The topological polar surface area (TPSA) is 98.7 Å². The van der Waals surface area contributed by atoms with Crippen molar-refractivity contribution in [1.82, 2.24) is 15.5 Å². The molecule has 2 rings (SSSR count). The molecule has 7 nitrogen and oxygen atoms in total. The Labute approximate surface area is 198 Å². The number of nitrogens with one attached hydrogen (secondary N) is 2. The second kappa shape index (κ2) is 12.2. The van der Waals surface area contributed by atoms with E-state index in [-0.39, 0.29) is 36.2 Å². The molecule has 2 unspecified atom stereocenters. The number of rotatable bonds is 11. The van der Waals surface area contributed by atoms with E-state index in [1.807, 2.05) is 6.92 Å². The van der Waals surface area contributed by atoms with E-state index in [2.05, 4.69) is 60.8 Å². The van der Waals surface area contributed by atoms with Gasteiger partial charge in [0.2, 0.25) is 11.8 Å². The SMILES string of the molecule is CCC(C)C(NC(=O)CCC(=O)NC1CCC(Cc2cccc(C)c2)(N(C)C)CC1)C(=O)O. The van der Waals surface area contributed by atoms with E-state index >= 15 is 0 Å². The molecule has 0 aliphatic heterocycles. The van der Waals surface area contributed by atoms with Gasteiger partial charge in [0.15, 0.2) is 0 Å². The molecule has 3 N–H and O–H groups in total. The molecule has 0 aromatic heterocycles. The molecule has 0 spiro atoms. The van der Waals surface area contributed by atoms with Crippen LogP contribution in [0.2, 0.25) is 0 Å². The molecule has 2 amide bonds. The minimum atomic E-state index is -1.04. The van der Waals surface area contributed by atoms with E-state index < -0.39 is 17.9 Å². The zero-order valence-corrected chi connectivity index (χ0v) is 20.8. The highest BCUT2D eigenvalue weighted by molar-refractivity contribution is 5.87. The summed E-state index contributed by atoms with van der Waals surface area (Å²) in [5.41, 5.74) is 2.69. The fourth-order valence-electron chi connectivity index (χ4n) is 4.74. The summed E-state index contributed by atoms with van der Waals surface area (Å²) in [5, 5.41) is 14.9. The third-order valence-corrected chi connectivity index (χ3v) is 7.22. The van der Waals surface area contributed by atoms with Crippen molar-refractivity contribution in [2.45, 2.75) is 89.8 Å². The van der Waals surface area contributed by atoms with Gasteiger partial charge in [-0.05, 0) is 64.6 Å². The highest BCUT2D eigenvalue weighted by Crippen LogP contribution is 2.35. The average molecular weight is 460 g/mol. The molecule has 1 aromatic rings. The van der Waals surface area contributed by atoms with Crippen molar-refractivity contribution < 1.29 is 19.5 Å². The number of amides is 2. The summed E-state index contributed by atoms with van der Waals surface area (Å²) in [5.74, 6) is -1.76. The lowest BCUT2D eigenvalue weighted by molar-refractivity contribution is -0.143. The fourth-order valence-corrected chi connectivity index (χ4v) is 4.74. The van der Waals surface area contributed by atoms with Gasteiger partial charge in [0.05, 0.1) is 0 Å². The number of benzene rings is 1. The number of likely N-dealkylation sites (N-methyl/N-ethyl adjacent to an activating group) is 1. The lowest BCUT2D eigenvalue weighted by Crippen LogP contribution is -2.52. The number of carbonyl (C=O) groups is 3. The van der Waals surface area contributed by atoms with Crippen molar-refractivity contribution in [3.63, 3.8) is 0 Å². The molecule has 1 fully saturated rings. The first kappa shape index (κ1) is 26.8. The van der Waals surface area contributed by atoms with E-state index in [1.54, 1.807) is 6.92 Å². The molecule has 1 aromatic carbocycles. The van der Waals surface area contributed by atoms with Gasteiger partial charge in [-0.1, -0.05) is 50.1 Å². The van der Waals surface area contributed by atoms with Crippen molar-refractivity contribution >= 4 is 17.8 Å². The summed E-state index contributed by atoms with van der Waals surface area (Å²) in [6, 6.07) is 7.85. The summed E-state index contributed by atoms with van der Waals surface area (Å²) in [6.45, 7) is 5.79. The van der Waals surface area contributed by atoms with E-state index in [9.17, 15) is 19.5 Å². The number of hydrogen-bond acceptors (Lipinski definition) is 4. The molecule has 0 bridgehead atoms. The van der Waals surface area contributed by atoms with Gasteiger partial charge in [-0.25, -0.2) is 4.79 Å². The molecule has 184 valence electrons. The monoisotopic (exact) mass is 459 g/mol. The first-order chi connectivity index (χ1) is 15.6. The highest BCUT2D eigenvalue weighted by atomic mass is 16.4. The van der Waals surface area contributed by atoms with Crippen LogP contribution in [0, 0.1) is 12.8 Å². The molecular weight excluding hydrogens is 418 g/mol. The van der Waals surface area contributed by atoms with Crippen molar-refractivity contribution in [2.75, 3.05) is 14.1 Å². The Morgan fingerprint density at radius 1 is 1.15 bits per heavy atom. The molecular formula is C26H41N3O4. The maximum Gasteiger partial charge on any atom is 0.326 e. The third-order valence-electron chi connectivity index (χ3n) is 7.22. The van der Waals surface area contributed by atoms with E-state index in [0.29, 0.717) is 6.42 Å². The molecule has 1 aliphatic carbocycles. The Balaban J connectivity index is 1.82. The zero-order chi connectivity index (χ0) is 24.6. The van der Waals surface area contributed by atoms with Crippen LogP contribution in [0.1, 0.15) is 69.9 Å². The molecule has 1 aliphatic rings. The number of carboxylic acid groups (broad SMARTS) is 1. The summed E-state index contributed by atoms with van der Waals surface area (Å²) in [4.78, 5) is 38.3. The fraction of sp³-hybridized carbons (Fsp3) is 0.654. The number of carboxylic acids is 1. The Bertz CT molecular complexity index is 816. The number of aryl methyl sites for hydroxylation is 1. The second-order valence-electron chi connectivity index (χ2n) is 9.90. The zero-order valence-electron chi connectivity index (χ0n) is 20.8. The number of aliphatic carboxylic acids is 1. The lowest BCUT2D eigenvalue weighted by Gasteiger charge is -2.45. The molecule has 2 atom stereocenters. The Hall–Kier alpha value is -2.41. The van der Waals surface area contributed by atoms with Crippen LogP contribution < -0.4 is 10.6 Å². The van der Waals surface area contributed by atoms with E-state index in [1.165, 1.54) is 11.1 Å². The van der Waals surface area contributed by atoms with Crippen LogP contribution in [0.4, 0.5) is 0 Å². The van der Waals surface area contributed by atoms with E-state index in [0.717, 1.165) is 32.1 Å². The lowest BCUT2D eigenvalue weighted by atomic mass is 9.74. The van der Waals surface area contributed by atoms with Crippen molar-refractivity contribution in [3.05, 3.63) is 35.4 Å². The van der Waals surface area contributed by atoms with Gasteiger partial charge >= 0.3 is 5.97 Å². The standard InChI is InChI=1S/C26H41N3O4/c1-6-19(3)24(25(32)33)28-23(31)11-10-22(30)27-21-12-14-26(15-13-21,29(4)5)17-20-9-7-8-18(2)16-20/h7-9,16,19,21,24H,6,10-15,17H2,1-5H3,(H,27,30)(H,28,31)(H,32,33). The van der Waals surface area contributed by atoms with Crippen molar-refractivity contribution in [3.8, 4) is 0 Å². The summed E-state index contributed by atoms with van der Waals surface area (Å²) < 4.78 is 0. The minimum Gasteiger partial charge on any atom is -0.480 e. The maximum absolute atomic E-state index is 12.4. The quantitative estimate of drug-likeness (QED) is 0.472. The van der Waals surface area contributed by atoms with Crippen LogP contribution in [0.5, 0.6) is 0 Å². The molecule has 33 heavy (non-hydrogen) atoms. The van der Waals surface area contributed by atoms with Crippen molar-refractivity contribution in [1.29, 1.82) is 0 Å². The van der Waals surface area contributed by atoms with Gasteiger partial charge in [0, 0.05) is 24.4 Å².